The fourth-order valence-electron chi connectivity index (χ4n) is 3.93. The molecule has 0 saturated heterocycles. The number of nitrogens with zero attached hydrogens (tertiary/aromatic N) is 3. The molecule has 4 aromatic rings. The van der Waals surface area contributed by atoms with Crippen LogP contribution in [-0.4, -0.2) is 23.5 Å². The number of aromatic nitrogens is 1. The summed E-state index contributed by atoms with van der Waals surface area (Å²) in [4.78, 5) is 11.6. The van der Waals surface area contributed by atoms with Crippen molar-refractivity contribution in [2.24, 2.45) is 10.9 Å². The molecule has 0 fully saturated rings. The van der Waals surface area contributed by atoms with E-state index in [-0.39, 0.29) is 6.04 Å². The van der Waals surface area contributed by atoms with Crippen LogP contribution >= 0.6 is 0 Å². The first-order valence-corrected chi connectivity index (χ1v) is 11.9. The van der Waals surface area contributed by atoms with Crippen molar-refractivity contribution in [2.75, 3.05) is 11.5 Å². The number of anilines is 3. The van der Waals surface area contributed by atoms with Gasteiger partial charge in [-0.2, -0.15) is 0 Å². The average molecular weight is 458 g/mol. The Labute approximate surface area is 207 Å². The zero-order chi connectivity index (χ0) is 24.0. The Kier molecular flexibility index (Phi) is 6.59. The number of para-hydroxylation sites is 2. The first-order chi connectivity index (χ1) is 17.2. The molecule has 1 aliphatic rings. The van der Waals surface area contributed by atoms with E-state index in [1.54, 1.807) is 0 Å². The average Bonchev–Trinajstić information content (AvgIpc) is 3.41. The number of ether oxygens (including phenoxy) is 1. The SMILES string of the molecule is CC(C)[C@H]1COC(c2cccc(C#Cc3ccc(N(c4ccccc4)c4ccccc4)cc3)n2)=N1. The Morgan fingerprint density at radius 3 is 1.97 bits per heavy atom. The second-order valence-electron chi connectivity index (χ2n) is 8.77. The predicted octanol–water partition coefficient (Wildman–Crippen LogP) is 6.75. The minimum Gasteiger partial charge on any atom is -0.474 e. The molecule has 3 aromatic carbocycles. The standard InChI is InChI=1S/C31H27N3O/c1-23(2)30-22-35-31(33-30)29-15-9-10-25(32-29)19-16-24-17-20-28(21-18-24)34(26-11-5-3-6-12-26)27-13-7-4-8-14-27/h3-15,17-18,20-21,23,30H,22H2,1-2H3/t30-/m1/s1. The van der Waals surface area contributed by atoms with Crippen molar-refractivity contribution in [3.05, 3.63) is 120 Å². The first-order valence-electron chi connectivity index (χ1n) is 11.9. The highest BCUT2D eigenvalue weighted by molar-refractivity contribution is 5.93. The maximum atomic E-state index is 5.77. The van der Waals surface area contributed by atoms with Crippen molar-refractivity contribution < 1.29 is 4.74 Å². The van der Waals surface area contributed by atoms with E-state index in [2.05, 4.69) is 101 Å². The summed E-state index contributed by atoms with van der Waals surface area (Å²) in [5.41, 5.74) is 5.64. The van der Waals surface area contributed by atoms with Gasteiger partial charge < -0.3 is 9.64 Å². The van der Waals surface area contributed by atoms with Crippen LogP contribution in [0.1, 0.15) is 30.8 Å². The second-order valence-corrected chi connectivity index (χ2v) is 8.77. The highest BCUT2D eigenvalue weighted by Crippen LogP contribution is 2.33. The van der Waals surface area contributed by atoms with Gasteiger partial charge in [0.25, 0.3) is 0 Å². The van der Waals surface area contributed by atoms with E-state index < -0.39 is 0 Å². The molecule has 1 aromatic heterocycles. The lowest BCUT2D eigenvalue weighted by molar-refractivity contribution is 0.291. The smallest absolute Gasteiger partial charge is 0.235 e. The second kappa shape index (κ2) is 10.3. The van der Waals surface area contributed by atoms with Crippen LogP contribution < -0.4 is 4.90 Å². The van der Waals surface area contributed by atoms with E-state index in [4.69, 9.17) is 4.74 Å². The molecule has 172 valence electrons. The van der Waals surface area contributed by atoms with Crippen LogP contribution in [0, 0.1) is 17.8 Å². The van der Waals surface area contributed by atoms with Gasteiger partial charge in [-0.25, -0.2) is 9.98 Å². The first kappa shape index (κ1) is 22.4. The van der Waals surface area contributed by atoms with Gasteiger partial charge in [-0.05, 0) is 72.5 Å². The third kappa shape index (κ3) is 5.26. The fraction of sp³-hybridized carbons (Fsp3) is 0.161. The minimum atomic E-state index is 0.186. The van der Waals surface area contributed by atoms with Gasteiger partial charge >= 0.3 is 0 Å². The van der Waals surface area contributed by atoms with E-state index in [1.165, 1.54) is 0 Å². The van der Waals surface area contributed by atoms with E-state index in [9.17, 15) is 0 Å². The van der Waals surface area contributed by atoms with Gasteiger partial charge in [0, 0.05) is 22.6 Å². The van der Waals surface area contributed by atoms with Gasteiger partial charge in [-0.3, -0.25) is 0 Å². The molecule has 0 N–H and O–H groups in total. The van der Waals surface area contributed by atoms with Crippen LogP contribution in [0.5, 0.6) is 0 Å². The molecule has 0 unspecified atom stereocenters. The van der Waals surface area contributed by atoms with Gasteiger partial charge in [0.2, 0.25) is 5.90 Å². The molecule has 0 amide bonds. The molecular formula is C31H27N3O. The number of hydrogen-bond acceptors (Lipinski definition) is 4. The Morgan fingerprint density at radius 1 is 0.743 bits per heavy atom. The Morgan fingerprint density at radius 2 is 1.37 bits per heavy atom. The lowest BCUT2D eigenvalue weighted by atomic mass is 10.1. The van der Waals surface area contributed by atoms with Gasteiger partial charge in [0.1, 0.15) is 18.0 Å². The van der Waals surface area contributed by atoms with Crippen molar-refractivity contribution in [1.82, 2.24) is 4.98 Å². The molecule has 2 heterocycles. The Bertz CT molecular complexity index is 1330. The minimum absolute atomic E-state index is 0.186. The van der Waals surface area contributed by atoms with E-state index in [1.807, 2.05) is 42.5 Å². The number of rotatable bonds is 5. The molecule has 0 spiro atoms. The number of benzene rings is 3. The molecule has 1 atom stereocenters. The predicted molar refractivity (Wildman–Crippen MR) is 142 cm³/mol. The van der Waals surface area contributed by atoms with Gasteiger partial charge in [-0.1, -0.05) is 62.2 Å². The Hall–Kier alpha value is -4.36. The zero-order valence-electron chi connectivity index (χ0n) is 19.9. The maximum absolute atomic E-state index is 5.77. The maximum Gasteiger partial charge on any atom is 0.235 e. The number of hydrogen-bond donors (Lipinski definition) is 0. The molecule has 1 aliphatic heterocycles. The molecule has 35 heavy (non-hydrogen) atoms. The van der Waals surface area contributed by atoms with Crippen LogP contribution in [0.4, 0.5) is 17.1 Å². The summed E-state index contributed by atoms with van der Waals surface area (Å²) < 4.78 is 5.77. The third-order valence-electron chi connectivity index (χ3n) is 5.90. The summed E-state index contributed by atoms with van der Waals surface area (Å²) in [6.45, 7) is 4.92. The van der Waals surface area contributed by atoms with Crippen LogP contribution in [0.15, 0.2) is 108 Å². The van der Waals surface area contributed by atoms with Crippen molar-refractivity contribution in [1.29, 1.82) is 0 Å². The quantitative estimate of drug-likeness (QED) is 0.311. The lowest BCUT2D eigenvalue weighted by Crippen LogP contribution is -2.13. The summed E-state index contributed by atoms with van der Waals surface area (Å²) in [6, 6.07) is 35.0. The van der Waals surface area contributed by atoms with Gasteiger partial charge in [0.15, 0.2) is 0 Å². The molecule has 5 rings (SSSR count). The molecule has 0 saturated carbocycles. The highest BCUT2D eigenvalue weighted by atomic mass is 16.5. The number of aliphatic imine (C=N–C) groups is 1. The van der Waals surface area contributed by atoms with Crippen molar-refractivity contribution in [2.45, 2.75) is 19.9 Å². The summed E-state index contributed by atoms with van der Waals surface area (Å²) in [5.74, 6) is 7.48. The molecule has 0 bridgehead atoms. The molecule has 0 radical (unpaired) electrons. The van der Waals surface area contributed by atoms with Crippen molar-refractivity contribution >= 4 is 23.0 Å². The molecular weight excluding hydrogens is 430 g/mol. The van der Waals surface area contributed by atoms with Crippen LogP contribution in [-0.2, 0) is 4.74 Å². The van der Waals surface area contributed by atoms with Gasteiger partial charge in [-0.15, -0.1) is 0 Å². The van der Waals surface area contributed by atoms with Crippen LogP contribution in [0.3, 0.4) is 0 Å². The van der Waals surface area contributed by atoms with Gasteiger partial charge in [0.05, 0.1) is 6.04 Å². The van der Waals surface area contributed by atoms with E-state index in [0.29, 0.717) is 24.1 Å². The normalized spacial score (nSPS) is 14.6. The lowest BCUT2D eigenvalue weighted by Gasteiger charge is -2.25. The number of pyridine rings is 1. The zero-order valence-corrected chi connectivity index (χ0v) is 19.9. The fourth-order valence-corrected chi connectivity index (χ4v) is 3.93. The van der Waals surface area contributed by atoms with E-state index >= 15 is 0 Å². The Balaban J connectivity index is 1.38. The van der Waals surface area contributed by atoms with Crippen molar-refractivity contribution in [3.8, 4) is 11.8 Å². The summed E-state index contributed by atoms with van der Waals surface area (Å²) in [7, 11) is 0. The molecule has 4 nitrogen and oxygen atoms in total. The van der Waals surface area contributed by atoms with Crippen molar-refractivity contribution in [3.63, 3.8) is 0 Å². The van der Waals surface area contributed by atoms with E-state index in [0.717, 1.165) is 28.3 Å². The summed E-state index contributed by atoms with van der Waals surface area (Å²) in [5, 5.41) is 0. The summed E-state index contributed by atoms with van der Waals surface area (Å²) in [6.07, 6.45) is 0. The monoisotopic (exact) mass is 457 g/mol. The topological polar surface area (TPSA) is 37.7 Å². The summed E-state index contributed by atoms with van der Waals surface area (Å²) >= 11 is 0. The van der Waals surface area contributed by atoms with Crippen LogP contribution in [0.25, 0.3) is 0 Å². The highest BCUT2D eigenvalue weighted by Gasteiger charge is 2.23. The third-order valence-corrected chi connectivity index (χ3v) is 5.90. The van der Waals surface area contributed by atoms with Crippen LogP contribution in [0.2, 0.25) is 0 Å². The molecule has 4 heteroatoms. The largest absolute Gasteiger partial charge is 0.474 e. The molecule has 0 aliphatic carbocycles.